The number of ether oxygens (including phenoxy) is 3. The van der Waals surface area contributed by atoms with Gasteiger partial charge >= 0.3 is 0 Å². The molecule has 220 valence electrons. The van der Waals surface area contributed by atoms with Crippen LogP contribution >= 0.6 is 31.4 Å². The SMILES string of the molecule is C=COCc1ccc(O)cc1.C=COCc1ccc(OCc2ccc(C)cc2)cc1.Cc1ccc(CCl)cc1.P.P. The van der Waals surface area contributed by atoms with Crippen LogP contribution in [0.5, 0.6) is 11.5 Å². The van der Waals surface area contributed by atoms with Crippen molar-refractivity contribution in [2.75, 3.05) is 0 Å². The van der Waals surface area contributed by atoms with Crippen molar-refractivity contribution >= 4 is 31.4 Å². The zero-order chi connectivity index (χ0) is 28.3. The fourth-order valence-electron chi connectivity index (χ4n) is 3.11. The number of aromatic hydroxyl groups is 1. The highest BCUT2D eigenvalue weighted by molar-refractivity contribution is 6.92. The number of hydrogen-bond donors (Lipinski definition) is 1. The standard InChI is InChI=1S/C17H18O2.C9H10O2.C8H9Cl.2H3P/c1-3-18-12-15-8-10-17(11-9-15)19-13-16-6-4-14(2)5-7-16;1-2-11-7-8-3-5-9(10)6-4-8;1-7-2-4-8(6-9)5-3-7;;/h3-11H,1,12-13H2,2H3;2-6,10H,1,7H2;2-5H,6H2,1H3;2*1H3. The molecule has 0 amide bonds. The first kappa shape index (κ1) is 37.7. The number of phenols is 1. The fraction of sp³-hybridized carbons (Fsp3) is 0.176. The maximum Gasteiger partial charge on any atom is 0.119 e. The van der Waals surface area contributed by atoms with Crippen molar-refractivity contribution in [2.24, 2.45) is 0 Å². The molecule has 4 nitrogen and oxygen atoms in total. The number of aryl methyl sites for hydroxylation is 2. The zero-order valence-electron chi connectivity index (χ0n) is 24.1. The number of phenolic OH excluding ortho intramolecular Hbond substituents is 1. The molecule has 0 radical (unpaired) electrons. The number of rotatable bonds is 10. The zero-order valence-corrected chi connectivity index (χ0v) is 27.7. The van der Waals surface area contributed by atoms with Gasteiger partial charge in [-0.1, -0.05) is 97.1 Å². The molecule has 0 aromatic heterocycles. The van der Waals surface area contributed by atoms with Crippen molar-refractivity contribution in [3.05, 3.63) is 156 Å². The van der Waals surface area contributed by atoms with Crippen LogP contribution in [-0.2, 0) is 35.2 Å². The van der Waals surface area contributed by atoms with Crippen molar-refractivity contribution in [1.29, 1.82) is 0 Å². The highest BCUT2D eigenvalue weighted by atomic mass is 35.5. The number of halogens is 1. The topological polar surface area (TPSA) is 47.9 Å². The summed E-state index contributed by atoms with van der Waals surface area (Å²) in [6.45, 7) is 12.7. The molecule has 1 N–H and O–H groups in total. The van der Waals surface area contributed by atoms with Gasteiger partial charge in [0.2, 0.25) is 0 Å². The van der Waals surface area contributed by atoms with Crippen LogP contribution in [0.4, 0.5) is 0 Å². The Morgan fingerprint density at radius 1 is 0.585 bits per heavy atom. The van der Waals surface area contributed by atoms with Crippen LogP contribution in [-0.4, -0.2) is 5.11 Å². The van der Waals surface area contributed by atoms with Gasteiger partial charge in [-0.15, -0.1) is 11.6 Å². The molecule has 0 aliphatic rings. The van der Waals surface area contributed by atoms with E-state index in [4.69, 9.17) is 30.9 Å². The van der Waals surface area contributed by atoms with E-state index in [1.165, 1.54) is 34.8 Å². The number of hydrogen-bond acceptors (Lipinski definition) is 4. The van der Waals surface area contributed by atoms with Crippen molar-refractivity contribution < 1.29 is 19.3 Å². The average Bonchev–Trinajstić information content (AvgIpc) is 2.97. The van der Waals surface area contributed by atoms with Gasteiger partial charge in [-0.2, -0.15) is 19.8 Å². The van der Waals surface area contributed by atoms with E-state index in [1.54, 1.807) is 24.3 Å². The summed E-state index contributed by atoms with van der Waals surface area (Å²) in [6.07, 6.45) is 2.84. The highest BCUT2D eigenvalue weighted by Gasteiger charge is 1.97. The van der Waals surface area contributed by atoms with Gasteiger partial charge in [0.05, 0.1) is 12.5 Å². The predicted octanol–water partition coefficient (Wildman–Crippen LogP) is 9.14. The third-order valence-corrected chi connectivity index (χ3v) is 5.71. The van der Waals surface area contributed by atoms with E-state index in [0.29, 0.717) is 25.7 Å². The van der Waals surface area contributed by atoms with E-state index in [1.807, 2.05) is 36.4 Å². The molecule has 0 bridgehead atoms. The number of benzene rings is 4. The second-order valence-corrected chi connectivity index (χ2v) is 8.93. The van der Waals surface area contributed by atoms with Crippen LogP contribution in [0.3, 0.4) is 0 Å². The van der Waals surface area contributed by atoms with Crippen LogP contribution in [0.2, 0.25) is 0 Å². The summed E-state index contributed by atoms with van der Waals surface area (Å²) in [7, 11) is 0. The lowest BCUT2D eigenvalue weighted by atomic mass is 10.2. The summed E-state index contributed by atoms with van der Waals surface area (Å²) in [5.74, 6) is 1.75. The molecule has 0 saturated heterocycles. The lowest BCUT2D eigenvalue weighted by Crippen LogP contribution is -1.95. The third-order valence-electron chi connectivity index (χ3n) is 5.40. The molecule has 0 aliphatic carbocycles. The minimum Gasteiger partial charge on any atom is -0.508 e. The fourth-order valence-corrected chi connectivity index (χ4v) is 3.29. The summed E-state index contributed by atoms with van der Waals surface area (Å²) in [5, 5.41) is 8.92. The normalized spacial score (nSPS) is 9.15. The first-order chi connectivity index (χ1) is 18.9. The van der Waals surface area contributed by atoms with E-state index >= 15 is 0 Å². The van der Waals surface area contributed by atoms with Crippen LogP contribution in [0.25, 0.3) is 0 Å². The molecule has 4 rings (SSSR count). The van der Waals surface area contributed by atoms with Gasteiger partial charge in [0.15, 0.2) is 0 Å². The second kappa shape index (κ2) is 22.4. The highest BCUT2D eigenvalue weighted by Crippen LogP contribution is 2.15. The van der Waals surface area contributed by atoms with Gasteiger partial charge in [-0.25, -0.2) is 0 Å². The summed E-state index contributed by atoms with van der Waals surface area (Å²) in [4.78, 5) is 0. The van der Waals surface area contributed by atoms with E-state index in [-0.39, 0.29) is 25.5 Å². The molecule has 0 spiro atoms. The van der Waals surface area contributed by atoms with E-state index in [9.17, 15) is 0 Å². The maximum atomic E-state index is 8.92. The Balaban J connectivity index is 0.000000623. The molecule has 4 aromatic carbocycles. The maximum absolute atomic E-state index is 8.92. The minimum atomic E-state index is 0. The second-order valence-electron chi connectivity index (χ2n) is 8.66. The molecule has 2 unspecified atom stereocenters. The summed E-state index contributed by atoms with van der Waals surface area (Å²) >= 11 is 5.58. The summed E-state index contributed by atoms with van der Waals surface area (Å²) < 4.78 is 15.8. The Kier molecular flexibility index (Phi) is 20.6. The van der Waals surface area contributed by atoms with Crippen LogP contribution in [0.15, 0.2) is 123 Å². The molecule has 0 saturated carbocycles. The molecule has 41 heavy (non-hydrogen) atoms. The third kappa shape index (κ3) is 16.5. The van der Waals surface area contributed by atoms with Gasteiger partial charge in [0.1, 0.15) is 31.3 Å². The summed E-state index contributed by atoms with van der Waals surface area (Å²) in [5.41, 5.74) is 7.01. The smallest absolute Gasteiger partial charge is 0.119 e. The quantitative estimate of drug-likeness (QED) is 0.110. The van der Waals surface area contributed by atoms with E-state index in [0.717, 1.165) is 16.9 Å². The molecular formula is C34H43ClO4P2. The Labute approximate surface area is 257 Å². The van der Waals surface area contributed by atoms with Gasteiger partial charge in [-0.05, 0) is 60.4 Å². The number of alkyl halides is 1. The molecule has 4 aromatic rings. The lowest BCUT2D eigenvalue weighted by Gasteiger charge is -2.07. The van der Waals surface area contributed by atoms with Crippen LogP contribution < -0.4 is 4.74 Å². The average molecular weight is 613 g/mol. The van der Waals surface area contributed by atoms with E-state index in [2.05, 4.69) is 63.4 Å². The molecule has 0 fully saturated rings. The largest absolute Gasteiger partial charge is 0.508 e. The molecule has 0 aliphatic heterocycles. The first-order valence-electron chi connectivity index (χ1n) is 12.5. The van der Waals surface area contributed by atoms with Gasteiger partial charge in [-0.3, -0.25) is 0 Å². The minimum absolute atomic E-state index is 0. The first-order valence-corrected chi connectivity index (χ1v) is 13.1. The van der Waals surface area contributed by atoms with Gasteiger partial charge < -0.3 is 19.3 Å². The van der Waals surface area contributed by atoms with Crippen molar-refractivity contribution in [3.8, 4) is 11.5 Å². The van der Waals surface area contributed by atoms with Gasteiger partial charge in [0.25, 0.3) is 0 Å². The molecular weight excluding hydrogens is 570 g/mol. The van der Waals surface area contributed by atoms with Crippen LogP contribution in [0, 0.1) is 13.8 Å². The van der Waals surface area contributed by atoms with Crippen LogP contribution in [0.1, 0.15) is 33.4 Å². The van der Waals surface area contributed by atoms with Crippen molar-refractivity contribution in [3.63, 3.8) is 0 Å². The summed E-state index contributed by atoms with van der Waals surface area (Å²) in [6, 6.07) is 31.3. The Hall–Kier alpha value is -3.29. The Morgan fingerprint density at radius 3 is 1.37 bits per heavy atom. The Bertz CT molecular complexity index is 1230. The predicted molar refractivity (Wildman–Crippen MR) is 183 cm³/mol. The van der Waals surface area contributed by atoms with E-state index < -0.39 is 0 Å². The van der Waals surface area contributed by atoms with Gasteiger partial charge in [0, 0.05) is 5.88 Å². The van der Waals surface area contributed by atoms with Crippen molar-refractivity contribution in [2.45, 2.75) is 39.5 Å². The lowest BCUT2D eigenvalue weighted by molar-refractivity contribution is 0.237. The molecule has 2 atom stereocenters. The molecule has 7 heteroatoms. The monoisotopic (exact) mass is 612 g/mol. The van der Waals surface area contributed by atoms with Crippen molar-refractivity contribution in [1.82, 2.24) is 0 Å². The Morgan fingerprint density at radius 2 is 0.951 bits per heavy atom. The molecule has 0 heterocycles.